The van der Waals surface area contributed by atoms with Gasteiger partial charge in [0.25, 0.3) is 0 Å². The second-order valence-electron chi connectivity index (χ2n) is 4.36. The van der Waals surface area contributed by atoms with Gasteiger partial charge in [0.2, 0.25) is 0 Å². The van der Waals surface area contributed by atoms with Crippen molar-refractivity contribution in [1.29, 1.82) is 0 Å². The predicted octanol–water partition coefficient (Wildman–Crippen LogP) is 2.67. The molecule has 0 aliphatic carbocycles. The largest absolute Gasteiger partial charge is 0.383 e. The first-order valence-electron chi connectivity index (χ1n) is 5.79. The molecule has 3 rings (SSSR count). The fourth-order valence-corrected chi connectivity index (χ4v) is 3.10. The van der Waals surface area contributed by atoms with E-state index in [1.165, 1.54) is 12.1 Å². The third-order valence-electron chi connectivity index (χ3n) is 3.02. The third-order valence-corrected chi connectivity index (χ3v) is 3.99. The Labute approximate surface area is 113 Å². The molecule has 2 N–H and O–H groups in total. The number of nitrogens with zero attached hydrogens (tertiary/aromatic N) is 2. The SMILES string of the molecule is Nc1nc(Cc2ccc(F)cc2F)nc2c1CSC2. The van der Waals surface area contributed by atoms with Crippen LogP contribution in [0.15, 0.2) is 18.2 Å². The van der Waals surface area contributed by atoms with Gasteiger partial charge in [0, 0.05) is 29.6 Å². The fraction of sp³-hybridized carbons (Fsp3) is 0.231. The van der Waals surface area contributed by atoms with Crippen molar-refractivity contribution in [3.8, 4) is 0 Å². The van der Waals surface area contributed by atoms with Crippen molar-refractivity contribution in [3.05, 3.63) is 52.5 Å². The zero-order valence-electron chi connectivity index (χ0n) is 9.99. The quantitative estimate of drug-likeness (QED) is 0.918. The molecule has 0 saturated carbocycles. The van der Waals surface area contributed by atoms with Gasteiger partial charge >= 0.3 is 0 Å². The van der Waals surface area contributed by atoms with Gasteiger partial charge in [0.1, 0.15) is 23.3 Å². The number of nitrogen functional groups attached to an aromatic ring is 1. The maximum absolute atomic E-state index is 13.6. The topological polar surface area (TPSA) is 51.8 Å². The Morgan fingerprint density at radius 3 is 2.84 bits per heavy atom. The highest BCUT2D eigenvalue weighted by Gasteiger charge is 2.18. The van der Waals surface area contributed by atoms with Gasteiger partial charge in [-0.25, -0.2) is 18.7 Å². The third kappa shape index (κ3) is 2.40. The van der Waals surface area contributed by atoms with Crippen LogP contribution in [0.4, 0.5) is 14.6 Å². The Morgan fingerprint density at radius 2 is 2.05 bits per heavy atom. The van der Waals surface area contributed by atoms with Crippen LogP contribution in [0.3, 0.4) is 0 Å². The number of thioether (sulfide) groups is 1. The van der Waals surface area contributed by atoms with E-state index < -0.39 is 11.6 Å². The molecule has 0 spiro atoms. The molecule has 0 unspecified atom stereocenters. The summed E-state index contributed by atoms with van der Waals surface area (Å²) in [7, 11) is 0. The minimum atomic E-state index is -0.591. The number of fused-ring (bicyclic) bond motifs is 1. The summed E-state index contributed by atoms with van der Waals surface area (Å²) in [5.74, 6) is 1.40. The standard InChI is InChI=1S/C13H11F2N3S/c14-8-2-1-7(10(15)4-8)3-12-17-11-6-19-5-9(11)13(16)18-12/h1-2,4H,3,5-6H2,(H2,16,17,18). The predicted molar refractivity (Wildman–Crippen MR) is 70.6 cm³/mol. The van der Waals surface area contributed by atoms with Crippen molar-refractivity contribution < 1.29 is 8.78 Å². The molecule has 0 radical (unpaired) electrons. The van der Waals surface area contributed by atoms with Gasteiger partial charge in [-0.15, -0.1) is 0 Å². The van der Waals surface area contributed by atoms with Crippen LogP contribution < -0.4 is 5.73 Å². The molecule has 0 amide bonds. The monoisotopic (exact) mass is 279 g/mol. The van der Waals surface area contributed by atoms with Gasteiger partial charge in [-0.05, 0) is 11.6 Å². The average Bonchev–Trinajstić information content (AvgIpc) is 2.81. The number of nitrogens with two attached hydrogens (primary N) is 1. The second kappa shape index (κ2) is 4.77. The summed E-state index contributed by atoms with van der Waals surface area (Å²) in [6, 6.07) is 3.50. The van der Waals surface area contributed by atoms with Crippen molar-refractivity contribution in [2.45, 2.75) is 17.9 Å². The smallest absolute Gasteiger partial charge is 0.135 e. The summed E-state index contributed by atoms with van der Waals surface area (Å²) in [4.78, 5) is 8.60. The minimum Gasteiger partial charge on any atom is -0.383 e. The summed E-state index contributed by atoms with van der Waals surface area (Å²) in [5, 5.41) is 0. The Morgan fingerprint density at radius 1 is 1.21 bits per heavy atom. The molecule has 1 aliphatic heterocycles. The van der Waals surface area contributed by atoms with E-state index in [1.54, 1.807) is 11.8 Å². The number of hydrogen-bond donors (Lipinski definition) is 1. The zero-order chi connectivity index (χ0) is 13.4. The molecule has 2 heterocycles. The van der Waals surface area contributed by atoms with Crippen LogP contribution in [0.2, 0.25) is 0 Å². The minimum absolute atomic E-state index is 0.217. The Hall–Kier alpha value is -1.69. The van der Waals surface area contributed by atoms with Crippen molar-refractivity contribution in [1.82, 2.24) is 9.97 Å². The van der Waals surface area contributed by atoms with E-state index in [0.29, 0.717) is 17.2 Å². The molecule has 6 heteroatoms. The van der Waals surface area contributed by atoms with Crippen LogP contribution in [0.25, 0.3) is 0 Å². The van der Waals surface area contributed by atoms with Gasteiger partial charge in [-0.1, -0.05) is 6.07 Å². The molecule has 19 heavy (non-hydrogen) atoms. The van der Waals surface area contributed by atoms with Crippen LogP contribution in [-0.4, -0.2) is 9.97 Å². The highest BCUT2D eigenvalue weighted by Crippen LogP contribution is 2.31. The number of anilines is 1. The zero-order valence-corrected chi connectivity index (χ0v) is 10.8. The van der Waals surface area contributed by atoms with Crippen LogP contribution in [0, 0.1) is 11.6 Å². The number of aromatic nitrogens is 2. The van der Waals surface area contributed by atoms with E-state index in [-0.39, 0.29) is 6.42 Å². The Balaban J connectivity index is 1.93. The molecule has 0 saturated heterocycles. The molecular weight excluding hydrogens is 268 g/mol. The van der Waals surface area contributed by atoms with E-state index >= 15 is 0 Å². The first-order chi connectivity index (χ1) is 9.13. The average molecular weight is 279 g/mol. The van der Waals surface area contributed by atoms with Gasteiger partial charge in [-0.3, -0.25) is 0 Å². The molecule has 0 fully saturated rings. The molecule has 3 nitrogen and oxygen atoms in total. The van der Waals surface area contributed by atoms with Crippen molar-refractivity contribution in [2.75, 3.05) is 5.73 Å². The number of benzene rings is 1. The molecular formula is C13H11F2N3S. The van der Waals surface area contributed by atoms with Crippen molar-refractivity contribution in [2.24, 2.45) is 0 Å². The van der Waals surface area contributed by atoms with Crippen LogP contribution in [-0.2, 0) is 17.9 Å². The van der Waals surface area contributed by atoms with E-state index in [9.17, 15) is 8.78 Å². The Kier molecular flexibility index (Phi) is 3.10. The molecule has 0 bridgehead atoms. The van der Waals surface area contributed by atoms with Gasteiger partial charge in [0.15, 0.2) is 0 Å². The molecule has 1 aromatic heterocycles. The second-order valence-corrected chi connectivity index (χ2v) is 5.34. The number of hydrogen-bond acceptors (Lipinski definition) is 4. The fourth-order valence-electron chi connectivity index (χ4n) is 2.04. The molecule has 98 valence electrons. The van der Waals surface area contributed by atoms with E-state index in [0.717, 1.165) is 28.8 Å². The van der Waals surface area contributed by atoms with Crippen LogP contribution >= 0.6 is 11.8 Å². The Bertz CT molecular complexity index is 646. The lowest BCUT2D eigenvalue weighted by Gasteiger charge is -2.07. The van der Waals surface area contributed by atoms with Gasteiger partial charge in [-0.2, -0.15) is 11.8 Å². The van der Waals surface area contributed by atoms with Gasteiger partial charge in [0.05, 0.1) is 5.69 Å². The van der Waals surface area contributed by atoms with E-state index in [1.807, 2.05) is 0 Å². The summed E-state index contributed by atoms with van der Waals surface area (Å²) in [6.07, 6.45) is 0.217. The highest BCUT2D eigenvalue weighted by atomic mass is 32.2. The number of halogens is 2. The summed E-state index contributed by atoms with van der Waals surface area (Å²) in [6.45, 7) is 0. The highest BCUT2D eigenvalue weighted by molar-refractivity contribution is 7.98. The molecule has 2 aromatic rings. The lowest BCUT2D eigenvalue weighted by molar-refractivity contribution is 0.573. The normalized spacial score (nSPS) is 13.6. The van der Waals surface area contributed by atoms with E-state index in [4.69, 9.17) is 5.73 Å². The maximum Gasteiger partial charge on any atom is 0.135 e. The number of rotatable bonds is 2. The maximum atomic E-state index is 13.6. The molecule has 1 aliphatic rings. The molecule has 0 atom stereocenters. The lowest BCUT2D eigenvalue weighted by atomic mass is 10.1. The first kappa shape index (κ1) is 12.3. The van der Waals surface area contributed by atoms with Gasteiger partial charge < -0.3 is 5.73 Å². The summed E-state index contributed by atoms with van der Waals surface area (Å²) < 4.78 is 26.4. The summed E-state index contributed by atoms with van der Waals surface area (Å²) >= 11 is 1.73. The molecule has 1 aromatic carbocycles. The van der Waals surface area contributed by atoms with Crippen molar-refractivity contribution in [3.63, 3.8) is 0 Å². The van der Waals surface area contributed by atoms with Crippen molar-refractivity contribution >= 4 is 17.6 Å². The summed E-state index contributed by atoms with van der Waals surface area (Å²) in [5.41, 5.74) is 8.14. The first-order valence-corrected chi connectivity index (χ1v) is 6.95. The van der Waals surface area contributed by atoms with Crippen LogP contribution in [0.1, 0.15) is 22.6 Å². The van der Waals surface area contributed by atoms with E-state index in [2.05, 4.69) is 9.97 Å². The lowest BCUT2D eigenvalue weighted by Crippen LogP contribution is -2.07. The van der Waals surface area contributed by atoms with Crippen LogP contribution in [0.5, 0.6) is 0 Å².